The van der Waals surface area contributed by atoms with Crippen LogP contribution in [-0.4, -0.2) is 17.2 Å². The lowest BCUT2D eigenvalue weighted by Crippen LogP contribution is -2.12. The molecule has 0 radical (unpaired) electrons. The lowest BCUT2D eigenvalue weighted by atomic mass is 10.3. The summed E-state index contributed by atoms with van der Waals surface area (Å²) in [6.45, 7) is 0. The Morgan fingerprint density at radius 3 is 2.57 bits per heavy atom. The number of hydrogen-bond donors (Lipinski definition) is 1. The third kappa shape index (κ3) is 1.48. The third-order valence-corrected chi connectivity index (χ3v) is 3.41. The van der Waals surface area contributed by atoms with E-state index in [2.05, 4.69) is 8.75 Å². The van der Waals surface area contributed by atoms with Gasteiger partial charge >= 0.3 is 0 Å². The van der Waals surface area contributed by atoms with Crippen LogP contribution in [0.1, 0.15) is 0 Å². The molecule has 0 unspecified atom stereocenters. The number of nitrogens with zero attached hydrogens (tertiary/aromatic N) is 2. The van der Waals surface area contributed by atoms with Crippen molar-refractivity contribution >= 4 is 44.4 Å². The van der Waals surface area contributed by atoms with E-state index < -0.39 is 10.0 Å². The average molecular weight is 250 g/mol. The first-order valence-corrected chi connectivity index (χ1v) is 6.09. The molecule has 2 aromatic rings. The van der Waals surface area contributed by atoms with E-state index >= 15 is 0 Å². The number of halogens is 1. The van der Waals surface area contributed by atoms with E-state index in [-0.39, 0.29) is 10.4 Å². The molecule has 0 saturated carbocycles. The maximum absolute atomic E-state index is 11.1. The topological polar surface area (TPSA) is 85.9 Å². The molecule has 0 aliphatic rings. The quantitative estimate of drug-likeness (QED) is 0.817. The van der Waals surface area contributed by atoms with Crippen molar-refractivity contribution in [3.05, 3.63) is 17.2 Å². The van der Waals surface area contributed by atoms with Crippen molar-refractivity contribution in [2.75, 3.05) is 0 Å². The van der Waals surface area contributed by atoms with Gasteiger partial charge in [-0.2, -0.15) is 8.75 Å². The Morgan fingerprint density at radius 2 is 1.93 bits per heavy atom. The summed E-state index contributed by atoms with van der Waals surface area (Å²) >= 11 is 6.68. The highest BCUT2D eigenvalue weighted by Crippen LogP contribution is 2.26. The van der Waals surface area contributed by atoms with Crippen LogP contribution < -0.4 is 5.14 Å². The SMILES string of the molecule is NS(=O)(=O)c1ccc(Cl)c2nsnc12. The van der Waals surface area contributed by atoms with E-state index in [1.54, 1.807) is 0 Å². The standard InChI is InChI=1S/C6H4ClN3O2S2/c7-3-1-2-4(14(8,11)12)6-5(3)9-13-10-6/h1-2H,(H2,8,11,12). The van der Waals surface area contributed by atoms with E-state index in [9.17, 15) is 8.42 Å². The van der Waals surface area contributed by atoms with Crippen LogP contribution in [0.3, 0.4) is 0 Å². The van der Waals surface area contributed by atoms with Crippen LogP contribution in [0.5, 0.6) is 0 Å². The summed E-state index contributed by atoms with van der Waals surface area (Å²) in [5, 5.41) is 5.36. The molecule has 1 heterocycles. The molecule has 14 heavy (non-hydrogen) atoms. The Bertz CT molecular complexity index is 592. The molecular weight excluding hydrogens is 246 g/mol. The van der Waals surface area contributed by atoms with Crippen LogP contribution in [0, 0.1) is 0 Å². The van der Waals surface area contributed by atoms with Gasteiger partial charge in [0.05, 0.1) is 16.8 Å². The van der Waals surface area contributed by atoms with E-state index in [0.29, 0.717) is 10.5 Å². The molecule has 74 valence electrons. The average Bonchev–Trinajstić information content (AvgIpc) is 2.50. The Balaban J connectivity index is 2.93. The van der Waals surface area contributed by atoms with Gasteiger partial charge in [0, 0.05) is 0 Å². The summed E-state index contributed by atoms with van der Waals surface area (Å²) in [6, 6.07) is 2.76. The normalized spacial score (nSPS) is 12.1. The van der Waals surface area contributed by atoms with Crippen molar-refractivity contribution in [1.29, 1.82) is 0 Å². The van der Waals surface area contributed by atoms with Gasteiger partial charge in [0.15, 0.2) is 0 Å². The number of benzene rings is 1. The smallest absolute Gasteiger partial charge is 0.225 e. The monoisotopic (exact) mass is 249 g/mol. The highest BCUT2D eigenvalue weighted by Gasteiger charge is 2.16. The lowest BCUT2D eigenvalue weighted by Gasteiger charge is -1.98. The second kappa shape index (κ2) is 3.13. The number of nitrogens with two attached hydrogens (primary N) is 1. The molecule has 8 heteroatoms. The van der Waals surface area contributed by atoms with Crippen LogP contribution in [0.4, 0.5) is 0 Å². The van der Waals surface area contributed by atoms with Gasteiger partial charge in [-0.05, 0) is 12.1 Å². The van der Waals surface area contributed by atoms with Crippen molar-refractivity contribution in [2.45, 2.75) is 4.90 Å². The lowest BCUT2D eigenvalue weighted by molar-refractivity contribution is 0.598. The van der Waals surface area contributed by atoms with Crippen LogP contribution in [0.25, 0.3) is 11.0 Å². The number of rotatable bonds is 1. The summed E-state index contributed by atoms with van der Waals surface area (Å²) in [4.78, 5) is -0.0503. The molecular formula is C6H4ClN3O2S2. The molecule has 2 rings (SSSR count). The molecule has 0 aliphatic heterocycles. The number of aromatic nitrogens is 2. The zero-order chi connectivity index (χ0) is 10.3. The van der Waals surface area contributed by atoms with Crippen LogP contribution in [0.2, 0.25) is 5.02 Å². The maximum atomic E-state index is 11.1. The van der Waals surface area contributed by atoms with Crippen molar-refractivity contribution in [1.82, 2.24) is 8.75 Å². The second-order valence-corrected chi connectivity index (χ2v) is 5.02. The van der Waals surface area contributed by atoms with Crippen LogP contribution >= 0.6 is 23.3 Å². The number of sulfonamides is 1. The van der Waals surface area contributed by atoms with Gasteiger partial charge < -0.3 is 0 Å². The first kappa shape index (κ1) is 9.78. The molecule has 0 atom stereocenters. The molecule has 0 bridgehead atoms. The summed E-state index contributed by atoms with van der Waals surface area (Å²) < 4.78 is 30.0. The Morgan fingerprint density at radius 1 is 1.29 bits per heavy atom. The first-order valence-electron chi connectivity index (χ1n) is 3.44. The fraction of sp³-hybridized carbons (Fsp3) is 0. The summed E-state index contributed by atoms with van der Waals surface area (Å²) in [6.07, 6.45) is 0. The second-order valence-electron chi connectivity index (χ2n) is 2.55. The van der Waals surface area contributed by atoms with Crippen molar-refractivity contribution in [3.8, 4) is 0 Å². The zero-order valence-electron chi connectivity index (χ0n) is 6.64. The number of primary sulfonamides is 1. The molecule has 0 fully saturated rings. The highest BCUT2D eigenvalue weighted by atomic mass is 35.5. The van der Waals surface area contributed by atoms with Gasteiger partial charge in [0.25, 0.3) is 0 Å². The first-order chi connectivity index (χ1) is 6.50. The number of fused-ring (bicyclic) bond motifs is 1. The molecule has 0 saturated heterocycles. The van der Waals surface area contributed by atoms with Crippen LogP contribution in [0.15, 0.2) is 17.0 Å². The van der Waals surface area contributed by atoms with Crippen molar-refractivity contribution in [3.63, 3.8) is 0 Å². The summed E-state index contributed by atoms with van der Waals surface area (Å²) in [7, 11) is -3.77. The van der Waals surface area contributed by atoms with Gasteiger partial charge in [-0.15, -0.1) is 0 Å². The molecule has 1 aromatic heterocycles. The van der Waals surface area contributed by atoms with Gasteiger partial charge in [0.1, 0.15) is 15.9 Å². The van der Waals surface area contributed by atoms with Gasteiger partial charge in [-0.1, -0.05) is 11.6 Å². The van der Waals surface area contributed by atoms with Gasteiger partial charge in [-0.3, -0.25) is 0 Å². The molecule has 0 amide bonds. The zero-order valence-corrected chi connectivity index (χ0v) is 9.03. The van der Waals surface area contributed by atoms with Crippen molar-refractivity contribution in [2.24, 2.45) is 5.14 Å². The minimum atomic E-state index is -3.77. The predicted octanol–water partition coefficient (Wildman–Crippen LogP) is 0.992. The highest BCUT2D eigenvalue weighted by molar-refractivity contribution is 7.89. The van der Waals surface area contributed by atoms with Gasteiger partial charge in [0.2, 0.25) is 10.0 Å². The summed E-state index contributed by atoms with van der Waals surface area (Å²) in [5.41, 5.74) is 0.591. The van der Waals surface area contributed by atoms with E-state index in [4.69, 9.17) is 16.7 Å². The minimum absolute atomic E-state index is 0.0503. The largest absolute Gasteiger partial charge is 0.240 e. The molecule has 2 N–H and O–H groups in total. The molecule has 5 nitrogen and oxygen atoms in total. The fourth-order valence-electron chi connectivity index (χ4n) is 1.04. The van der Waals surface area contributed by atoms with E-state index in [1.807, 2.05) is 0 Å². The van der Waals surface area contributed by atoms with Gasteiger partial charge in [-0.25, -0.2) is 13.6 Å². The molecule has 0 spiro atoms. The minimum Gasteiger partial charge on any atom is -0.225 e. The van der Waals surface area contributed by atoms with E-state index in [1.165, 1.54) is 12.1 Å². The Labute approximate surface area is 88.9 Å². The fourth-order valence-corrected chi connectivity index (χ4v) is 2.59. The maximum Gasteiger partial charge on any atom is 0.240 e. The predicted molar refractivity (Wildman–Crippen MR) is 53.8 cm³/mol. The van der Waals surface area contributed by atoms with E-state index in [0.717, 1.165) is 11.7 Å². The Kier molecular flexibility index (Phi) is 2.18. The summed E-state index contributed by atoms with van der Waals surface area (Å²) in [5.74, 6) is 0. The molecule has 0 aliphatic carbocycles. The van der Waals surface area contributed by atoms with Crippen LogP contribution in [-0.2, 0) is 10.0 Å². The third-order valence-electron chi connectivity index (χ3n) is 1.64. The Hall–Kier alpha value is -0.760. The molecule has 1 aromatic carbocycles. The number of hydrogen-bond acceptors (Lipinski definition) is 5. The van der Waals surface area contributed by atoms with Crippen molar-refractivity contribution < 1.29 is 8.42 Å².